The van der Waals surface area contributed by atoms with Gasteiger partial charge >= 0.3 is 0 Å². The molecule has 1 amide bonds. The van der Waals surface area contributed by atoms with Crippen molar-refractivity contribution in [3.63, 3.8) is 0 Å². The van der Waals surface area contributed by atoms with Crippen molar-refractivity contribution in [1.82, 2.24) is 10.7 Å². The van der Waals surface area contributed by atoms with Crippen LogP contribution in [0.25, 0.3) is 0 Å². The molecule has 0 radical (unpaired) electrons. The van der Waals surface area contributed by atoms with E-state index in [4.69, 9.17) is 9.84 Å². The summed E-state index contributed by atoms with van der Waals surface area (Å²) in [4.78, 5) is 14.1. The van der Waals surface area contributed by atoms with Crippen LogP contribution in [0.3, 0.4) is 0 Å². The van der Waals surface area contributed by atoms with Crippen LogP contribution in [0.2, 0.25) is 0 Å². The summed E-state index contributed by atoms with van der Waals surface area (Å²) in [5.74, 6) is 3.47. The second-order valence-electron chi connectivity index (χ2n) is 15.4. The lowest BCUT2D eigenvalue weighted by Gasteiger charge is -2.57. The average Bonchev–Trinajstić information content (AvgIpc) is 3.05. The van der Waals surface area contributed by atoms with E-state index < -0.39 is 5.54 Å². The first kappa shape index (κ1) is 30.4. The fourth-order valence-electron chi connectivity index (χ4n) is 10.5. The van der Waals surface area contributed by atoms with Gasteiger partial charge in [0, 0.05) is 15.6 Å². The van der Waals surface area contributed by atoms with Gasteiger partial charge in [0.15, 0.2) is 0 Å². The number of ether oxygens (including phenoxy) is 1. The molecule has 1 unspecified atom stereocenters. The molecule has 1 aliphatic heterocycles. The number of rotatable bonds is 7. The van der Waals surface area contributed by atoms with Gasteiger partial charge in [0.25, 0.3) is 5.91 Å². The molecule has 46 heavy (non-hydrogen) atoms. The van der Waals surface area contributed by atoms with Crippen molar-refractivity contribution >= 4 is 27.5 Å². The van der Waals surface area contributed by atoms with Crippen molar-refractivity contribution < 1.29 is 9.53 Å². The Balaban J connectivity index is 1.02. The van der Waals surface area contributed by atoms with E-state index in [1.54, 1.807) is 0 Å². The van der Waals surface area contributed by atoms with E-state index in [9.17, 15) is 4.79 Å². The number of halogens is 1. The minimum atomic E-state index is -0.881. The first-order valence-corrected chi connectivity index (χ1v) is 18.3. The lowest BCUT2D eigenvalue weighted by Crippen LogP contribution is -2.65. The lowest BCUT2D eigenvalue weighted by atomic mass is 9.48. The number of fused-ring (bicyclic) bond motifs is 1. The predicted molar refractivity (Wildman–Crippen MR) is 187 cm³/mol. The molecule has 6 heteroatoms. The van der Waals surface area contributed by atoms with Crippen LogP contribution in [-0.4, -0.2) is 23.8 Å². The Hall–Kier alpha value is -2.96. The highest BCUT2D eigenvalue weighted by Crippen LogP contribution is 2.60. The van der Waals surface area contributed by atoms with Crippen LogP contribution in [0.4, 0.5) is 0 Å². The molecule has 5 fully saturated rings. The van der Waals surface area contributed by atoms with E-state index in [1.165, 1.54) is 68.9 Å². The van der Waals surface area contributed by atoms with Gasteiger partial charge in [0.1, 0.15) is 23.6 Å². The first-order chi connectivity index (χ1) is 22.3. The number of amides is 1. The molecule has 5 aliphatic carbocycles. The molecule has 240 valence electrons. The minimum Gasteiger partial charge on any atom is -0.487 e. The summed E-state index contributed by atoms with van der Waals surface area (Å²) >= 11 is 3.56. The highest BCUT2D eigenvalue weighted by atomic mass is 79.9. The quantitative estimate of drug-likeness (QED) is 0.194. The monoisotopic (exact) mass is 679 g/mol. The molecule has 0 aromatic heterocycles. The van der Waals surface area contributed by atoms with E-state index in [2.05, 4.69) is 69.1 Å². The van der Waals surface area contributed by atoms with Crippen LogP contribution < -0.4 is 15.5 Å². The fraction of sp³-hybridized carbons (Fsp3) is 0.500. The van der Waals surface area contributed by atoms with Crippen LogP contribution in [0.1, 0.15) is 99.8 Å². The van der Waals surface area contributed by atoms with Gasteiger partial charge in [-0.1, -0.05) is 83.7 Å². The molecule has 9 rings (SSSR count). The van der Waals surface area contributed by atoms with E-state index in [0.717, 1.165) is 58.4 Å². The van der Waals surface area contributed by atoms with Gasteiger partial charge in [-0.2, -0.15) is 5.10 Å². The molecule has 5 saturated carbocycles. The summed E-state index contributed by atoms with van der Waals surface area (Å²) in [6, 6.07) is 25.3. The number of hydrogen-bond acceptors (Lipinski definition) is 4. The normalized spacial score (nSPS) is 31.0. The molecule has 3 aromatic rings. The Morgan fingerprint density at radius 3 is 2.22 bits per heavy atom. The molecule has 2 N–H and O–H groups in total. The van der Waals surface area contributed by atoms with Crippen LogP contribution in [0.5, 0.6) is 5.75 Å². The number of carbonyl (C=O) groups excluding carboxylic acids is 1. The van der Waals surface area contributed by atoms with Crippen molar-refractivity contribution in [3.05, 3.63) is 99.5 Å². The molecule has 3 aromatic carbocycles. The third-order valence-corrected chi connectivity index (χ3v) is 12.7. The second kappa shape index (κ2) is 11.9. The third-order valence-electron chi connectivity index (χ3n) is 12.2. The maximum Gasteiger partial charge on any atom is 0.264 e. The minimum absolute atomic E-state index is 0.0532. The zero-order chi connectivity index (χ0) is 31.4. The van der Waals surface area contributed by atoms with Gasteiger partial charge in [0.2, 0.25) is 0 Å². The second-order valence-corrected chi connectivity index (χ2v) is 16.4. The molecule has 1 atom stereocenters. The van der Waals surface area contributed by atoms with E-state index >= 15 is 0 Å². The first-order valence-electron chi connectivity index (χ1n) is 17.6. The highest BCUT2D eigenvalue weighted by Gasteiger charge is 2.52. The van der Waals surface area contributed by atoms with Crippen molar-refractivity contribution in [1.29, 1.82) is 0 Å². The summed E-state index contributed by atoms with van der Waals surface area (Å²) in [5, 5.41) is 8.61. The molecule has 4 bridgehead atoms. The van der Waals surface area contributed by atoms with Crippen molar-refractivity contribution in [2.45, 2.75) is 100 Å². The molecular formula is C40H46BrN3O2. The van der Waals surface area contributed by atoms with Crippen LogP contribution in [0, 0.1) is 17.8 Å². The van der Waals surface area contributed by atoms with E-state index in [0.29, 0.717) is 11.1 Å². The van der Waals surface area contributed by atoms with Gasteiger partial charge < -0.3 is 4.74 Å². The van der Waals surface area contributed by atoms with Crippen molar-refractivity contribution in [3.8, 4) is 5.75 Å². The third kappa shape index (κ3) is 5.64. The Labute approximate surface area is 282 Å². The number of benzene rings is 3. The summed E-state index contributed by atoms with van der Waals surface area (Å²) in [5.41, 5.74) is 7.83. The Morgan fingerprint density at radius 1 is 0.891 bits per heavy atom. The number of nitrogens with one attached hydrogen (secondary N) is 2. The molecule has 1 heterocycles. The molecule has 1 spiro atoms. The van der Waals surface area contributed by atoms with Crippen molar-refractivity contribution in [2.75, 3.05) is 6.61 Å². The summed E-state index contributed by atoms with van der Waals surface area (Å²) in [6.45, 7) is 2.27. The lowest BCUT2D eigenvalue weighted by molar-refractivity contribution is -0.129. The highest BCUT2D eigenvalue weighted by molar-refractivity contribution is 9.10. The maximum atomic E-state index is 14.1. The summed E-state index contributed by atoms with van der Waals surface area (Å²) in [7, 11) is 0. The smallest absolute Gasteiger partial charge is 0.264 e. The fourth-order valence-corrected chi connectivity index (χ4v) is 10.7. The topological polar surface area (TPSA) is 62.7 Å². The summed E-state index contributed by atoms with van der Waals surface area (Å²) < 4.78 is 7.36. The SMILES string of the molecule is CC1(C(=O)N/N=C(\COc2ccc(C34CC5CC(CC(C5)C3)C4)cc2)c2ccc(Br)cc2)NC2(CCCCC2)Cc2ccccc21. The van der Waals surface area contributed by atoms with Gasteiger partial charge in [-0.05, 0) is 129 Å². The number of carbonyl (C=O) groups is 1. The molecule has 6 aliphatic rings. The molecular weight excluding hydrogens is 634 g/mol. The Bertz CT molecular complexity index is 1590. The van der Waals surface area contributed by atoms with Gasteiger partial charge in [-0.3, -0.25) is 10.1 Å². The predicted octanol–water partition coefficient (Wildman–Crippen LogP) is 8.58. The largest absolute Gasteiger partial charge is 0.487 e. The number of nitrogens with zero attached hydrogens (tertiary/aromatic N) is 1. The van der Waals surface area contributed by atoms with Gasteiger partial charge in [-0.25, -0.2) is 5.43 Å². The van der Waals surface area contributed by atoms with Gasteiger partial charge in [0.05, 0.1) is 0 Å². The van der Waals surface area contributed by atoms with Crippen LogP contribution in [-0.2, 0) is 22.2 Å². The Kier molecular flexibility index (Phi) is 7.88. The zero-order valence-electron chi connectivity index (χ0n) is 27.0. The number of hydrazone groups is 1. The molecule has 0 saturated heterocycles. The number of hydrogen-bond donors (Lipinski definition) is 2. The van der Waals surface area contributed by atoms with Crippen molar-refractivity contribution in [2.24, 2.45) is 22.9 Å². The standard InChI is InChI=1S/C40H46BrN3O2/c1-38(35-8-4-3-7-31(35)25-40(44-38)17-5-2-6-18-40)37(45)43-42-36(30-9-13-33(41)14-10-30)26-46-34-15-11-32(12-16-34)39-22-27-19-28(23-39)21-29(20-27)24-39/h3-4,7-16,27-29,44H,2,5-6,17-26H2,1H3,(H,43,45)/b42-36+. The van der Waals surface area contributed by atoms with Crippen LogP contribution in [0.15, 0.2) is 82.4 Å². The summed E-state index contributed by atoms with van der Waals surface area (Å²) in [6.07, 6.45) is 15.2. The van der Waals surface area contributed by atoms with Crippen LogP contribution >= 0.6 is 15.9 Å². The average molecular weight is 681 g/mol. The van der Waals surface area contributed by atoms with Gasteiger partial charge in [-0.15, -0.1) is 0 Å². The zero-order valence-corrected chi connectivity index (χ0v) is 28.6. The van der Waals surface area contributed by atoms with E-state index in [1.807, 2.05) is 37.3 Å². The van der Waals surface area contributed by atoms with E-state index in [-0.39, 0.29) is 18.1 Å². The molecule has 5 nitrogen and oxygen atoms in total. The maximum absolute atomic E-state index is 14.1. The Morgan fingerprint density at radius 2 is 1.54 bits per heavy atom.